The lowest BCUT2D eigenvalue weighted by molar-refractivity contribution is -0.271. The molecule has 2 aliphatic heterocycles. The standard InChI is InChI=1S/C25H29NO8/c1-26(2)11-5-7-16-17-6-3-4-8-19(17)32-13-14-9-10-15(12-18(14)16)33-25-22(29)20(27)21(28)23(34-25)24(30)31/h3-4,6-10,12,20-23,25,27-29H,5,11,13H2,1-2H3,(H,30,31)/b16-7+/t20-,21-,22+,23-,25+/m0/s1. The SMILES string of the molecule is CN(C)CC/C=C1/c2cc(O[C@@H]3O[C@H](C(=O)O)[C@@H](O)[C@H](O)[C@H]3O)ccc2COc2ccccc21. The fraction of sp³-hybridized carbons (Fsp3) is 0.400. The van der Waals surface area contributed by atoms with Crippen molar-refractivity contribution in [1.82, 2.24) is 4.90 Å². The highest BCUT2D eigenvalue weighted by Gasteiger charge is 2.48. The van der Waals surface area contributed by atoms with Gasteiger partial charge in [0.1, 0.15) is 36.4 Å². The van der Waals surface area contributed by atoms with Crippen LogP contribution in [0.2, 0.25) is 0 Å². The van der Waals surface area contributed by atoms with Crippen LogP contribution >= 0.6 is 0 Å². The van der Waals surface area contributed by atoms with E-state index in [1.54, 1.807) is 12.1 Å². The number of carbonyl (C=O) groups is 1. The van der Waals surface area contributed by atoms with Crippen molar-refractivity contribution >= 4 is 11.5 Å². The first-order valence-corrected chi connectivity index (χ1v) is 11.1. The minimum absolute atomic E-state index is 0.313. The molecule has 34 heavy (non-hydrogen) atoms. The van der Waals surface area contributed by atoms with Crippen LogP contribution in [0.15, 0.2) is 48.5 Å². The number of rotatable bonds is 6. The quantitative estimate of drug-likeness (QED) is 0.492. The van der Waals surface area contributed by atoms with Gasteiger partial charge in [0.2, 0.25) is 6.29 Å². The molecule has 182 valence electrons. The molecule has 9 nitrogen and oxygen atoms in total. The molecule has 0 aromatic heterocycles. The lowest BCUT2D eigenvalue weighted by atomic mass is 9.93. The zero-order valence-electron chi connectivity index (χ0n) is 19.0. The lowest BCUT2D eigenvalue weighted by Gasteiger charge is -2.38. The zero-order chi connectivity index (χ0) is 24.4. The Hall–Kier alpha value is -2.95. The van der Waals surface area contributed by atoms with E-state index in [4.69, 9.17) is 14.2 Å². The molecule has 2 heterocycles. The van der Waals surface area contributed by atoms with Gasteiger partial charge in [0.05, 0.1) is 0 Å². The average Bonchev–Trinajstić information content (AvgIpc) is 2.96. The van der Waals surface area contributed by atoms with Gasteiger partial charge in [0, 0.05) is 12.1 Å². The molecular formula is C25H29NO8. The van der Waals surface area contributed by atoms with Gasteiger partial charge >= 0.3 is 5.97 Å². The second-order valence-electron chi connectivity index (χ2n) is 8.67. The normalized spacial score (nSPS) is 27.5. The molecule has 0 aliphatic carbocycles. The molecule has 0 bridgehead atoms. The Labute approximate surface area is 197 Å². The molecule has 0 spiro atoms. The number of carboxylic acid groups (broad SMARTS) is 1. The van der Waals surface area contributed by atoms with Crippen molar-refractivity contribution in [3.63, 3.8) is 0 Å². The fourth-order valence-electron chi connectivity index (χ4n) is 4.09. The Morgan fingerprint density at radius 3 is 2.59 bits per heavy atom. The van der Waals surface area contributed by atoms with E-state index in [0.717, 1.165) is 41.0 Å². The van der Waals surface area contributed by atoms with E-state index in [9.17, 15) is 25.2 Å². The van der Waals surface area contributed by atoms with E-state index in [-0.39, 0.29) is 0 Å². The molecule has 2 aliphatic rings. The number of benzene rings is 2. The van der Waals surface area contributed by atoms with Crippen LogP contribution < -0.4 is 9.47 Å². The second-order valence-corrected chi connectivity index (χ2v) is 8.67. The predicted octanol–water partition coefficient (Wildman–Crippen LogP) is 1.23. The third kappa shape index (κ3) is 4.94. The van der Waals surface area contributed by atoms with E-state index in [1.807, 2.05) is 44.4 Å². The molecule has 2 aromatic rings. The third-order valence-electron chi connectivity index (χ3n) is 5.92. The number of hydrogen-bond acceptors (Lipinski definition) is 8. The van der Waals surface area contributed by atoms with Crippen molar-refractivity contribution in [2.75, 3.05) is 20.6 Å². The monoisotopic (exact) mass is 471 g/mol. The van der Waals surface area contributed by atoms with Crippen LogP contribution in [0.3, 0.4) is 0 Å². The maximum absolute atomic E-state index is 11.4. The molecular weight excluding hydrogens is 442 g/mol. The summed E-state index contributed by atoms with van der Waals surface area (Å²) in [6, 6.07) is 13.1. The van der Waals surface area contributed by atoms with E-state index in [1.165, 1.54) is 0 Å². The summed E-state index contributed by atoms with van der Waals surface area (Å²) in [5, 5.41) is 39.6. The Bertz CT molecular complexity index is 1070. The summed E-state index contributed by atoms with van der Waals surface area (Å²) in [7, 11) is 4.02. The molecule has 1 saturated heterocycles. The summed E-state index contributed by atoms with van der Waals surface area (Å²) in [6.45, 7) is 1.21. The minimum Gasteiger partial charge on any atom is -0.488 e. The average molecular weight is 472 g/mol. The van der Waals surface area contributed by atoms with Gasteiger partial charge in [0.15, 0.2) is 6.10 Å². The van der Waals surface area contributed by atoms with Gasteiger partial charge < -0.3 is 39.5 Å². The molecule has 0 unspecified atom stereocenters. The summed E-state index contributed by atoms with van der Waals surface area (Å²) >= 11 is 0. The summed E-state index contributed by atoms with van der Waals surface area (Å²) in [6.07, 6.45) is -5.41. The number of aliphatic hydroxyl groups is 3. The maximum Gasteiger partial charge on any atom is 0.335 e. The highest BCUT2D eigenvalue weighted by molar-refractivity contribution is 5.85. The predicted molar refractivity (Wildman–Crippen MR) is 122 cm³/mol. The number of fused-ring (bicyclic) bond motifs is 2. The van der Waals surface area contributed by atoms with Gasteiger partial charge in [-0.15, -0.1) is 0 Å². The van der Waals surface area contributed by atoms with Crippen LogP contribution in [0.25, 0.3) is 5.57 Å². The Morgan fingerprint density at radius 1 is 1.09 bits per heavy atom. The largest absolute Gasteiger partial charge is 0.488 e. The first-order valence-electron chi connectivity index (χ1n) is 11.1. The van der Waals surface area contributed by atoms with Crippen molar-refractivity contribution in [2.24, 2.45) is 0 Å². The molecule has 5 atom stereocenters. The van der Waals surface area contributed by atoms with Crippen LogP contribution in [-0.4, -0.2) is 82.6 Å². The Balaban J connectivity index is 1.67. The van der Waals surface area contributed by atoms with Gasteiger partial charge in [-0.3, -0.25) is 0 Å². The minimum atomic E-state index is -1.78. The van der Waals surface area contributed by atoms with Crippen molar-refractivity contribution in [2.45, 2.75) is 43.7 Å². The Morgan fingerprint density at radius 2 is 1.85 bits per heavy atom. The van der Waals surface area contributed by atoms with Crippen LogP contribution in [0.4, 0.5) is 0 Å². The molecule has 0 radical (unpaired) electrons. The number of ether oxygens (including phenoxy) is 3. The van der Waals surface area contributed by atoms with Crippen LogP contribution in [0, 0.1) is 0 Å². The van der Waals surface area contributed by atoms with Crippen molar-refractivity contribution in [3.05, 3.63) is 65.2 Å². The number of aliphatic carboxylic acids is 1. The fourth-order valence-corrected chi connectivity index (χ4v) is 4.09. The lowest BCUT2D eigenvalue weighted by Crippen LogP contribution is -2.61. The van der Waals surface area contributed by atoms with Crippen LogP contribution in [0.1, 0.15) is 23.1 Å². The first kappa shape index (κ1) is 24.2. The molecule has 9 heteroatoms. The molecule has 2 aromatic carbocycles. The van der Waals surface area contributed by atoms with E-state index in [0.29, 0.717) is 12.4 Å². The van der Waals surface area contributed by atoms with Gasteiger partial charge in [-0.25, -0.2) is 4.79 Å². The summed E-state index contributed by atoms with van der Waals surface area (Å²) < 4.78 is 17.1. The molecule has 1 fully saturated rings. The molecule has 4 rings (SSSR count). The highest BCUT2D eigenvalue weighted by Crippen LogP contribution is 2.38. The summed E-state index contributed by atoms with van der Waals surface area (Å²) in [4.78, 5) is 13.5. The molecule has 4 N–H and O–H groups in total. The van der Waals surface area contributed by atoms with Crippen LogP contribution in [-0.2, 0) is 16.1 Å². The number of carboxylic acids is 1. The second kappa shape index (κ2) is 10.1. The van der Waals surface area contributed by atoms with E-state index < -0.39 is 36.7 Å². The number of hydrogen-bond donors (Lipinski definition) is 4. The van der Waals surface area contributed by atoms with Gasteiger partial charge in [-0.05, 0) is 55.4 Å². The van der Waals surface area contributed by atoms with Crippen molar-refractivity contribution in [3.8, 4) is 11.5 Å². The van der Waals surface area contributed by atoms with Crippen molar-refractivity contribution in [1.29, 1.82) is 0 Å². The Kier molecular flexibility index (Phi) is 7.20. The van der Waals surface area contributed by atoms with E-state index in [2.05, 4.69) is 11.0 Å². The summed E-state index contributed by atoms with van der Waals surface area (Å²) in [5.41, 5.74) is 3.72. The topological polar surface area (TPSA) is 129 Å². The molecule has 0 saturated carbocycles. The molecule has 0 amide bonds. The van der Waals surface area contributed by atoms with Crippen molar-refractivity contribution < 1.29 is 39.4 Å². The van der Waals surface area contributed by atoms with E-state index >= 15 is 0 Å². The smallest absolute Gasteiger partial charge is 0.335 e. The maximum atomic E-state index is 11.4. The first-order chi connectivity index (χ1) is 16.3. The number of aliphatic hydroxyl groups excluding tert-OH is 3. The van der Waals surface area contributed by atoms with Gasteiger partial charge in [-0.1, -0.05) is 30.3 Å². The van der Waals surface area contributed by atoms with Gasteiger partial charge in [0.25, 0.3) is 0 Å². The van der Waals surface area contributed by atoms with Gasteiger partial charge in [-0.2, -0.15) is 0 Å². The zero-order valence-corrected chi connectivity index (χ0v) is 19.0. The number of nitrogens with zero attached hydrogens (tertiary/aromatic N) is 1. The summed E-state index contributed by atoms with van der Waals surface area (Å²) in [5.74, 6) is -0.382. The van der Waals surface area contributed by atoms with Crippen LogP contribution in [0.5, 0.6) is 11.5 Å². The highest BCUT2D eigenvalue weighted by atomic mass is 16.7. The number of para-hydroxylation sites is 1. The third-order valence-corrected chi connectivity index (χ3v) is 5.92.